The molecule has 0 radical (unpaired) electrons. The Hall–Kier alpha value is -2.11. The molecule has 1 heterocycles. The lowest BCUT2D eigenvalue weighted by Gasteiger charge is -2.08. The van der Waals surface area contributed by atoms with Gasteiger partial charge in [0, 0.05) is 12.5 Å². The summed E-state index contributed by atoms with van der Waals surface area (Å²) in [7, 11) is 2.94. The summed E-state index contributed by atoms with van der Waals surface area (Å²) in [5.74, 6) is 0.171. The molecule has 0 spiro atoms. The van der Waals surface area contributed by atoms with Crippen LogP contribution >= 0.6 is 0 Å². The van der Waals surface area contributed by atoms with Crippen LogP contribution in [0, 0.1) is 0 Å². The summed E-state index contributed by atoms with van der Waals surface area (Å²) < 4.78 is 14.8. The first-order chi connectivity index (χ1) is 8.08. The van der Waals surface area contributed by atoms with Crippen LogP contribution in [0.5, 0.6) is 11.8 Å². The molecule has 0 aliphatic heterocycles. The molecular formula is C11H14N2O4. The fraction of sp³-hybridized carbons (Fsp3) is 0.364. The average molecular weight is 238 g/mol. The van der Waals surface area contributed by atoms with Crippen LogP contribution in [-0.2, 0) is 9.53 Å². The highest BCUT2D eigenvalue weighted by molar-refractivity contribution is 5.69. The Kier molecular flexibility index (Phi) is 4.45. The van der Waals surface area contributed by atoms with Crippen molar-refractivity contribution >= 4 is 11.5 Å². The number of esters is 1. The van der Waals surface area contributed by atoms with E-state index in [1.165, 1.54) is 27.3 Å². The molecule has 0 atom stereocenters. The van der Waals surface area contributed by atoms with E-state index in [4.69, 9.17) is 14.2 Å². The van der Waals surface area contributed by atoms with E-state index in [-0.39, 0.29) is 24.3 Å². The number of nitrogens with zero attached hydrogens (tertiary/aromatic N) is 2. The largest absolute Gasteiger partial charge is 0.477 e. The van der Waals surface area contributed by atoms with Gasteiger partial charge in [-0.3, -0.25) is 4.79 Å². The molecule has 0 saturated carbocycles. The molecule has 0 unspecified atom stereocenters. The van der Waals surface area contributed by atoms with Crippen LogP contribution in [0.15, 0.2) is 12.8 Å². The SMILES string of the molecule is C=C(COC(C)=O)c1cnc(OC)c(OC)n1. The van der Waals surface area contributed by atoms with Gasteiger partial charge in [0.05, 0.1) is 26.1 Å². The van der Waals surface area contributed by atoms with E-state index < -0.39 is 0 Å². The van der Waals surface area contributed by atoms with Gasteiger partial charge >= 0.3 is 5.97 Å². The van der Waals surface area contributed by atoms with Crippen molar-refractivity contribution in [1.29, 1.82) is 0 Å². The highest BCUT2D eigenvalue weighted by Gasteiger charge is 2.10. The Balaban J connectivity index is 2.84. The Morgan fingerprint density at radius 1 is 1.35 bits per heavy atom. The van der Waals surface area contributed by atoms with Crippen molar-refractivity contribution in [2.75, 3.05) is 20.8 Å². The van der Waals surface area contributed by atoms with E-state index in [1.54, 1.807) is 0 Å². The summed E-state index contributed by atoms with van der Waals surface area (Å²) >= 11 is 0. The van der Waals surface area contributed by atoms with E-state index in [2.05, 4.69) is 16.5 Å². The van der Waals surface area contributed by atoms with E-state index in [9.17, 15) is 4.79 Å². The minimum atomic E-state index is -0.375. The van der Waals surface area contributed by atoms with Crippen molar-refractivity contribution in [3.63, 3.8) is 0 Å². The number of methoxy groups -OCH3 is 2. The van der Waals surface area contributed by atoms with E-state index in [0.29, 0.717) is 11.3 Å². The topological polar surface area (TPSA) is 70.5 Å². The molecule has 0 saturated heterocycles. The summed E-state index contributed by atoms with van der Waals surface area (Å²) in [5.41, 5.74) is 1.03. The predicted molar refractivity (Wildman–Crippen MR) is 60.8 cm³/mol. The molecule has 92 valence electrons. The minimum absolute atomic E-state index is 0.0689. The molecule has 0 amide bonds. The average Bonchev–Trinajstić information content (AvgIpc) is 2.34. The van der Waals surface area contributed by atoms with E-state index >= 15 is 0 Å². The molecule has 6 heteroatoms. The predicted octanol–water partition coefficient (Wildman–Crippen LogP) is 1.07. The summed E-state index contributed by atoms with van der Waals surface area (Å²) in [6, 6.07) is 0. The summed E-state index contributed by atoms with van der Waals surface area (Å²) in [5, 5.41) is 0. The van der Waals surface area contributed by atoms with Crippen molar-refractivity contribution in [3.8, 4) is 11.8 Å². The van der Waals surface area contributed by atoms with Crippen molar-refractivity contribution in [1.82, 2.24) is 9.97 Å². The lowest BCUT2D eigenvalue weighted by Crippen LogP contribution is -2.05. The molecule has 0 N–H and O–H groups in total. The second-order valence-corrected chi connectivity index (χ2v) is 3.16. The lowest BCUT2D eigenvalue weighted by molar-refractivity contribution is -0.139. The molecule has 1 aromatic heterocycles. The van der Waals surface area contributed by atoms with Gasteiger partial charge in [0.25, 0.3) is 11.8 Å². The van der Waals surface area contributed by atoms with Gasteiger partial charge in [-0.05, 0) is 0 Å². The van der Waals surface area contributed by atoms with Gasteiger partial charge in [0.15, 0.2) is 0 Å². The van der Waals surface area contributed by atoms with Gasteiger partial charge < -0.3 is 14.2 Å². The van der Waals surface area contributed by atoms with Crippen LogP contribution in [0.2, 0.25) is 0 Å². The fourth-order valence-corrected chi connectivity index (χ4v) is 1.07. The number of rotatable bonds is 5. The Bertz CT molecular complexity index is 431. The lowest BCUT2D eigenvalue weighted by atomic mass is 10.2. The van der Waals surface area contributed by atoms with E-state index in [0.717, 1.165) is 0 Å². The smallest absolute Gasteiger partial charge is 0.302 e. The van der Waals surface area contributed by atoms with Crippen molar-refractivity contribution in [2.45, 2.75) is 6.92 Å². The molecule has 0 aliphatic carbocycles. The van der Waals surface area contributed by atoms with Gasteiger partial charge in [-0.25, -0.2) is 9.97 Å². The highest BCUT2D eigenvalue weighted by atomic mass is 16.5. The number of carbonyl (C=O) groups is 1. The third-order valence-corrected chi connectivity index (χ3v) is 1.91. The van der Waals surface area contributed by atoms with E-state index in [1.807, 2.05) is 0 Å². The first kappa shape index (κ1) is 13.0. The van der Waals surface area contributed by atoms with Crippen LogP contribution < -0.4 is 9.47 Å². The van der Waals surface area contributed by atoms with Crippen molar-refractivity contribution < 1.29 is 19.0 Å². The fourth-order valence-electron chi connectivity index (χ4n) is 1.07. The van der Waals surface area contributed by atoms with Crippen molar-refractivity contribution in [2.24, 2.45) is 0 Å². The number of aromatic nitrogens is 2. The number of ether oxygens (including phenoxy) is 3. The van der Waals surface area contributed by atoms with Gasteiger partial charge in [0.1, 0.15) is 6.61 Å². The zero-order valence-electron chi connectivity index (χ0n) is 10.0. The van der Waals surface area contributed by atoms with Gasteiger partial charge in [-0.15, -0.1) is 0 Å². The second-order valence-electron chi connectivity index (χ2n) is 3.16. The van der Waals surface area contributed by atoms with Gasteiger partial charge in [-0.2, -0.15) is 0 Å². The monoisotopic (exact) mass is 238 g/mol. The summed E-state index contributed by atoms with van der Waals surface area (Å²) in [6.07, 6.45) is 1.48. The quantitative estimate of drug-likeness (QED) is 0.714. The highest BCUT2D eigenvalue weighted by Crippen LogP contribution is 2.22. The number of hydrogen-bond donors (Lipinski definition) is 0. The summed E-state index contributed by atoms with van der Waals surface area (Å²) in [6.45, 7) is 5.15. The molecule has 1 aromatic rings. The molecule has 6 nitrogen and oxygen atoms in total. The zero-order chi connectivity index (χ0) is 12.8. The van der Waals surface area contributed by atoms with Crippen LogP contribution in [-0.4, -0.2) is 36.8 Å². The Labute approximate surface area is 99.2 Å². The first-order valence-corrected chi connectivity index (χ1v) is 4.85. The third kappa shape index (κ3) is 3.44. The van der Waals surface area contributed by atoms with Crippen LogP contribution in [0.25, 0.3) is 5.57 Å². The maximum Gasteiger partial charge on any atom is 0.302 e. The maximum absolute atomic E-state index is 10.7. The minimum Gasteiger partial charge on any atom is -0.477 e. The zero-order valence-corrected chi connectivity index (χ0v) is 10.0. The van der Waals surface area contributed by atoms with Crippen molar-refractivity contribution in [3.05, 3.63) is 18.5 Å². The standard InChI is InChI=1S/C11H14N2O4/c1-7(6-17-8(2)14)9-5-12-10(15-3)11(13-9)16-4/h5H,1,6H2,2-4H3. The molecule has 0 aromatic carbocycles. The van der Waals surface area contributed by atoms with Gasteiger partial charge in [0.2, 0.25) is 0 Å². The number of carbonyl (C=O) groups excluding carboxylic acids is 1. The maximum atomic E-state index is 10.7. The molecule has 0 fully saturated rings. The molecule has 17 heavy (non-hydrogen) atoms. The Morgan fingerprint density at radius 3 is 2.53 bits per heavy atom. The first-order valence-electron chi connectivity index (χ1n) is 4.85. The molecular weight excluding hydrogens is 224 g/mol. The summed E-state index contributed by atoms with van der Waals surface area (Å²) in [4.78, 5) is 18.8. The molecule has 0 bridgehead atoms. The molecule has 1 rings (SSSR count). The second kappa shape index (κ2) is 5.83. The normalized spacial score (nSPS) is 9.59. The molecule has 0 aliphatic rings. The Morgan fingerprint density at radius 2 is 2.00 bits per heavy atom. The van der Waals surface area contributed by atoms with Gasteiger partial charge in [-0.1, -0.05) is 6.58 Å². The van der Waals surface area contributed by atoms with Crippen LogP contribution in [0.3, 0.4) is 0 Å². The number of hydrogen-bond acceptors (Lipinski definition) is 6. The van der Waals surface area contributed by atoms with Crippen LogP contribution in [0.1, 0.15) is 12.6 Å². The van der Waals surface area contributed by atoms with Crippen LogP contribution in [0.4, 0.5) is 0 Å². The third-order valence-electron chi connectivity index (χ3n) is 1.91.